The number of hydrogen-bond donors (Lipinski definition) is 0. The van der Waals surface area contributed by atoms with Gasteiger partial charge in [0, 0.05) is 18.9 Å². The van der Waals surface area contributed by atoms with Crippen LogP contribution in [0.1, 0.15) is 40.0 Å². The number of aryl methyl sites for hydroxylation is 1. The SMILES string of the molecule is CC.CCCCCn1cccn1. The van der Waals surface area contributed by atoms with Crippen molar-refractivity contribution in [1.29, 1.82) is 0 Å². The summed E-state index contributed by atoms with van der Waals surface area (Å²) in [5.41, 5.74) is 0. The Labute approximate surface area is 75.6 Å². The molecule has 1 heterocycles. The van der Waals surface area contributed by atoms with Gasteiger partial charge in [0.15, 0.2) is 0 Å². The fourth-order valence-corrected chi connectivity index (χ4v) is 0.957. The lowest BCUT2D eigenvalue weighted by atomic mass is 10.2. The van der Waals surface area contributed by atoms with Crippen LogP contribution < -0.4 is 0 Å². The molecule has 0 atom stereocenters. The van der Waals surface area contributed by atoms with E-state index in [0.717, 1.165) is 6.54 Å². The van der Waals surface area contributed by atoms with E-state index >= 15 is 0 Å². The summed E-state index contributed by atoms with van der Waals surface area (Å²) in [6, 6.07) is 1.96. The molecule has 0 saturated heterocycles. The summed E-state index contributed by atoms with van der Waals surface area (Å²) in [6.07, 6.45) is 7.67. The van der Waals surface area contributed by atoms with E-state index in [1.807, 2.05) is 37.0 Å². The lowest BCUT2D eigenvalue weighted by Crippen LogP contribution is -1.97. The van der Waals surface area contributed by atoms with E-state index in [2.05, 4.69) is 12.0 Å². The van der Waals surface area contributed by atoms with Crippen molar-refractivity contribution >= 4 is 0 Å². The second-order valence-electron chi connectivity index (χ2n) is 2.48. The Morgan fingerprint density at radius 3 is 2.50 bits per heavy atom. The standard InChI is InChI=1S/C8H14N2.C2H6/c1-2-3-4-7-10-8-5-6-9-10;1-2/h5-6,8H,2-4,7H2,1H3;1-2H3. The molecule has 1 aromatic heterocycles. The minimum Gasteiger partial charge on any atom is -0.273 e. The van der Waals surface area contributed by atoms with Gasteiger partial charge >= 0.3 is 0 Å². The van der Waals surface area contributed by atoms with Gasteiger partial charge < -0.3 is 0 Å². The zero-order valence-corrected chi connectivity index (χ0v) is 8.45. The molecule has 1 aromatic rings. The van der Waals surface area contributed by atoms with E-state index < -0.39 is 0 Å². The van der Waals surface area contributed by atoms with Crippen molar-refractivity contribution in [2.45, 2.75) is 46.6 Å². The highest BCUT2D eigenvalue weighted by Crippen LogP contribution is 1.96. The van der Waals surface area contributed by atoms with Crippen LogP contribution in [0.2, 0.25) is 0 Å². The van der Waals surface area contributed by atoms with Crippen LogP contribution in [0, 0.1) is 0 Å². The number of rotatable bonds is 4. The number of hydrogen-bond acceptors (Lipinski definition) is 1. The highest BCUT2D eigenvalue weighted by atomic mass is 15.3. The first kappa shape index (κ1) is 11.2. The van der Waals surface area contributed by atoms with E-state index in [9.17, 15) is 0 Å². The predicted molar refractivity (Wildman–Crippen MR) is 53.1 cm³/mol. The molecule has 0 spiro atoms. The lowest BCUT2D eigenvalue weighted by Gasteiger charge is -1.97. The maximum atomic E-state index is 4.10. The van der Waals surface area contributed by atoms with Crippen LogP contribution in [0.25, 0.3) is 0 Å². The summed E-state index contributed by atoms with van der Waals surface area (Å²) in [5, 5.41) is 4.10. The van der Waals surface area contributed by atoms with Gasteiger partial charge in [-0.1, -0.05) is 33.6 Å². The summed E-state index contributed by atoms with van der Waals surface area (Å²) in [6.45, 7) is 7.28. The molecule has 2 heteroatoms. The maximum Gasteiger partial charge on any atom is 0.0489 e. The smallest absolute Gasteiger partial charge is 0.0489 e. The van der Waals surface area contributed by atoms with Crippen molar-refractivity contribution in [1.82, 2.24) is 9.78 Å². The molecule has 0 unspecified atom stereocenters. The molecule has 0 radical (unpaired) electrons. The summed E-state index contributed by atoms with van der Waals surface area (Å²) in [4.78, 5) is 0. The molecular formula is C10H20N2. The third kappa shape index (κ3) is 4.94. The van der Waals surface area contributed by atoms with E-state index in [-0.39, 0.29) is 0 Å². The Balaban J connectivity index is 0.000000561. The first-order chi connectivity index (χ1) is 5.93. The predicted octanol–water partition coefficient (Wildman–Crippen LogP) is 3.10. The summed E-state index contributed by atoms with van der Waals surface area (Å²) in [5.74, 6) is 0. The van der Waals surface area contributed by atoms with Crippen molar-refractivity contribution in [3.05, 3.63) is 18.5 Å². The number of nitrogens with zero attached hydrogens (tertiary/aromatic N) is 2. The third-order valence-corrected chi connectivity index (χ3v) is 1.55. The molecule has 0 aliphatic heterocycles. The van der Waals surface area contributed by atoms with Crippen LogP contribution in [-0.4, -0.2) is 9.78 Å². The van der Waals surface area contributed by atoms with Crippen molar-refractivity contribution in [3.63, 3.8) is 0 Å². The topological polar surface area (TPSA) is 17.8 Å². The molecule has 1 rings (SSSR count). The van der Waals surface area contributed by atoms with E-state index in [1.165, 1.54) is 19.3 Å². The summed E-state index contributed by atoms with van der Waals surface area (Å²) >= 11 is 0. The molecular weight excluding hydrogens is 148 g/mol. The summed E-state index contributed by atoms with van der Waals surface area (Å²) in [7, 11) is 0. The van der Waals surface area contributed by atoms with E-state index in [4.69, 9.17) is 0 Å². The zero-order chi connectivity index (χ0) is 9.23. The molecule has 2 nitrogen and oxygen atoms in total. The Hall–Kier alpha value is -0.790. The first-order valence-corrected chi connectivity index (χ1v) is 4.91. The van der Waals surface area contributed by atoms with Gasteiger partial charge in [0.2, 0.25) is 0 Å². The molecule has 70 valence electrons. The highest BCUT2D eigenvalue weighted by Gasteiger charge is 1.87. The quantitative estimate of drug-likeness (QED) is 0.632. The first-order valence-electron chi connectivity index (χ1n) is 4.91. The molecule has 0 bridgehead atoms. The van der Waals surface area contributed by atoms with Gasteiger partial charge in [-0.3, -0.25) is 4.68 Å². The maximum absolute atomic E-state index is 4.10. The average molecular weight is 168 g/mol. The van der Waals surface area contributed by atoms with Crippen LogP contribution in [0.4, 0.5) is 0 Å². The Bertz CT molecular complexity index is 156. The molecule has 0 saturated carbocycles. The fraction of sp³-hybridized carbons (Fsp3) is 0.700. The second kappa shape index (κ2) is 8.31. The molecule has 0 aliphatic carbocycles. The second-order valence-corrected chi connectivity index (χ2v) is 2.48. The zero-order valence-electron chi connectivity index (χ0n) is 8.45. The van der Waals surface area contributed by atoms with Gasteiger partial charge in [-0.25, -0.2) is 0 Å². The van der Waals surface area contributed by atoms with Crippen molar-refractivity contribution in [2.75, 3.05) is 0 Å². The van der Waals surface area contributed by atoms with Crippen LogP contribution in [0.15, 0.2) is 18.5 Å². The number of aromatic nitrogens is 2. The lowest BCUT2D eigenvalue weighted by molar-refractivity contribution is 0.553. The normalized spacial score (nSPS) is 8.92. The Morgan fingerprint density at radius 1 is 1.25 bits per heavy atom. The average Bonchev–Trinajstić information content (AvgIpc) is 2.61. The van der Waals surface area contributed by atoms with Gasteiger partial charge in [-0.2, -0.15) is 5.10 Å². The van der Waals surface area contributed by atoms with Gasteiger partial charge in [0.05, 0.1) is 0 Å². The van der Waals surface area contributed by atoms with Crippen molar-refractivity contribution in [2.24, 2.45) is 0 Å². The summed E-state index contributed by atoms with van der Waals surface area (Å²) < 4.78 is 1.98. The molecule has 0 aliphatic rings. The van der Waals surface area contributed by atoms with E-state index in [0.29, 0.717) is 0 Å². The molecule has 0 amide bonds. The van der Waals surface area contributed by atoms with E-state index in [1.54, 1.807) is 0 Å². The molecule has 0 aromatic carbocycles. The van der Waals surface area contributed by atoms with Crippen LogP contribution >= 0.6 is 0 Å². The molecule has 12 heavy (non-hydrogen) atoms. The fourth-order valence-electron chi connectivity index (χ4n) is 0.957. The monoisotopic (exact) mass is 168 g/mol. The van der Waals surface area contributed by atoms with Crippen molar-refractivity contribution < 1.29 is 0 Å². The highest BCUT2D eigenvalue weighted by molar-refractivity contribution is 4.77. The number of unbranched alkanes of at least 4 members (excludes halogenated alkanes) is 2. The molecule has 0 N–H and O–H groups in total. The van der Waals surface area contributed by atoms with Gasteiger partial charge in [-0.15, -0.1) is 0 Å². The largest absolute Gasteiger partial charge is 0.273 e. The minimum atomic E-state index is 1.07. The Kier molecular flexibility index (Phi) is 7.76. The molecule has 0 fully saturated rings. The minimum absolute atomic E-state index is 1.07. The van der Waals surface area contributed by atoms with Crippen LogP contribution in [0.5, 0.6) is 0 Å². The van der Waals surface area contributed by atoms with Gasteiger partial charge in [0.25, 0.3) is 0 Å². The van der Waals surface area contributed by atoms with Gasteiger partial charge in [-0.05, 0) is 12.5 Å². The van der Waals surface area contributed by atoms with Gasteiger partial charge in [0.1, 0.15) is 0 Å². The van der Waals surface area contributed by atoms with Crippen LogP contribution in [-0.2, 0) is 6.54 Å². The van der Waals surface area contributed by atoms with Crippen molar-refractivity contribution in [3.8, 4) is 0 Å². The Morgan fingerprint density at radius 2 is 2.00 bits per heavy atom. The van der Waals surface area contributed by atoms with Crippen LogP contribution in [0.3, 0.4) is 0 Å². The third-order valence-electron chi connectivity index (χ3n) is 1.55.